The van der Waals surface area contributed by atoms with Crippen LogP contribution in [0.5, 0.6) is 11.5 Å². The van der Waals surface area contributed by atoms with Crippen LogP contribution in [-0.4, -0.2) is 61.1 Å². The summed E-state index contributed by atoms with van der Waals surface area (Å²) >= 11 is 0. The van der Waals surface area contributed by atoms with Gasteiger partial charge in [0, 0.05) is 56.6 Å². The Labute approximate surface area is 217 Å². The minimum absolute atomic E-state index is 0. The number of anilines is 1. The molecule has 1 unspecified atom stereocenters. The van der Waals surface area contributed by atoms with Gasteiger partial charge >= 0.3 is 0 Å². The van der Waals surface area contributed by atoms with E-state index in [4.69, 9.17) is 9.47 Å². The fourth-order valence-corrected chi connectivity index (χ4v) is 4.00. The van der Waals surface area contributed by atoms with Crippen LogP contribution in [0.3, 0.4) is 0 Å². The molecule has 182 valence electrons. The minimum atomic E-state index is 0. The van der Waals surface area contributed by atoms with Crippen LogP contribution in [0, 0.1) is 0 Å². The second-order valence-corrected chi connectivity index (χ2v) is 7.99. The summed E-state index contributed by atoms with van der Waals surface area (Å²) in [6.07, 6.45) is 4.30. The number of hydrogen-bond donors (Lipinski definition) is 2. The zero-order chi connectivity index (χ0) is 23.0. The number of rotatable bonds is 8. The quantitative estimate of drug-likeness (QED) is 0.242. The molecule has 1 aromatic heterocycles. The number of benzene rings is 2. The fourth-order valence-electron chi connectivity index (χ4n) is 4.00. The van der Waals surface area contributed by atoms with Gasteiger partial charge in [0.1, 0.15) is 24.2 Å². The van der Waals surface area contributed by atoms with E-state index in [1.807, 2.05) is 22.9 Å². The molecule has 1 aliphatic rings. The van der Waals surface area contributed by atoms with Crippen LogP contribution in [0.25, 0.3) is 0 Å². The average Bonchev–Trinajstić information content (AvgIpc) is 3.54. The SMILES string of the molecule is CN=C(NCc1cccc(Cn2cncn2)c1)NC1CCN(c2cc(OC)cc(OC)c2)C1.I. The number of halogens is 1. The highest BCUT2D eigenvalue weighted by Crippen LogP contribution is 2.30. The molecule has 1 atom stereocenters. The first-order chi connectivity index (χ1) is 16.2. The monoisotopic (exact) mass is 577 g/mol. The number of guanidine groups is 1. The molecule has 1 fully saturated rings. The molecule has 2 N–H and O–H groups in total. The number of ether oxygens (including phenoxy) is 2. The average molecular weight is 577 g/mol. The van der Waals surface area contributed by atoms with Crippen LogP contribution in [-0.2, 0) is 13.1 Å². The van der Waals surface area contributed by atoms with Crippen molar-refractivity contribution in [3.05, 3.63) is 66.2 Å². The van der Waals surface area contributed by atoms with Crippen molar-refractivity contribution in [1.29, 1.82) is 0 Å². The molecule has 9 nitrogen and oxygen atoms in total. The summed E-state index contributed by atoms with van der Waals surface area (Å²) in [6.45, 7) is 3.22. The number of hydrogen-bond acceptors (Lipinski definition) is 6. The molecular weight excluding hydrogens is 545 g/mol. The van der Waals surface area contributed by atoms with Crippen molar-refractivity contribution in [2.75, 3.05) is 39.3 Å². The van der Waals surface area contributed by atoms with Gasteiger partial charge in [0.15, 0.2) is 5.96 Å². The second-order valence-electron chi connectivity index (χ2n) is 7.99. The van der Waals surface area contributed by atoms with Crippen LogP contribution in [0.2, 0.25) is 0 Å². The Morgan fingerprint density at radius 1 is 1.12 bits per heavy atom. The molecule has 0 saturated carbocycles. The van der Waals surface area contributed by atoms with Crippen molar-refractivity contribution < 1.29 is 9.47 Å². The van der Waals surface area contributed by atoms with E-state index in [9.17, 15) is 0 Å². The standard InChI is InChI=1S/C24H31N7O2.HI/c1-25-24(27-13-18-5-4-6-19(9-18)14-31-17-26-16-28-31)29-20-7-8-30(15-20)21-10-22(32-2)12-23(11-21)33-3;/h4-6,9-12,16-17,20H,7-8,13-15H2,1-3H3,(H2,25,27,29);1H. The first-order valence-corrected chi connectivity index (χ1v) is 11.0. The van der Waals surface area contributed by atoms with Gasteiger partial charge in [0.05, 0.1) is 20.8 Å². The van der Waals surface area contributed by atoms with E-state index in [1.54, 1.807) is 33.9 Å². The zero-order valence-electron chi connectivity index (χ0n) is 19.8. The third-order valence-electron chi connectivity index (χ3n) is 5.72. The van der Waals surface area contributed by atoms with E-state index < -0.39 is 0 Å². The van der Waals surface area contributed by atoms with E-state index >= 15 is 0 Å². The van der Waals surface area contributed by atoms with E-state index in [-0.39, 0.29) is 24.0 Å². The third-order valence-corrected chi connectivity index (χ3v) is 5.72. The van der Waals surface area contributed by atoms with Crippen molar-refractivity contribution in [2.45, 2.75) is 25.6 Å². The van der Waals surface area contributed by atoms with Gasteiger partial charge in [-0.2, -0.15) is 5.10 Å². The topological polar surface area (TPSA) is 88.8 Å². The number of nitrogens with one attached hydrogen (secondary N) is 2. The largest absolute Gasteiger partial charge is 0.497 e. The lowest BCUT2D eigenvalue weighted by Crippen LogP contribution is -2.44. The number of aliphatic imine (C=N–C) groups is 1. The second kappa shape index (κ2) is 12.4. The summed E-state index contributed by atoms with van der Waals surface area (Å²) < 4.78 is 12.7. The van der Waals surface area contributed by atoms with Gasteiger partial charge in [-0.25, -0.2) is 9.67 Å². The van der Waals surface area contributed by atoms with E-state index in [2.05, 4.69) is 54.9 Å². The number of aromatic nitrogens is 3. The maximum Gasteiger partial charge on any atom is 0.191 e. The van der Waals surface area contributed by atoms with Crippen LogP contribution in [0.1, 0.15) is 17.5 Å². The van der Waals surface area contributed by atoms with Gasteiger partial charge in [0.2, 0.25) is 0 Å². The summed E-state index contributed by atoms with van der Waals surface area (Å²) in [6, 6.07) is 14.7. The normalized spacial score (nSPS) is 15.6. The molecule has 3 aromatic rings. The Balaban J connectivity index is 0.00000324. The van der Waals surface area contributed by atoms with Gasteiger partial charge in [0.25, 0.3) is 0 Å². The smallest absolute Gasteiger partial charge is 0.191 e. The summed E-state index contributed by atoms with van der Waals surface area (Å²) in [5.41, 5.74) is 3.47. The highest BCUT2D eigenvalue weighted by Gasteiger charge is 2.24. The van der Waals surface area contributed by atoms with Crippen molar-refractivity contribution in [1.82, 2.24) is 25.4 Å². The Bertz CT molecular complexity index is 1050. The number of methoxy groups -OCH3 is 2. The van der Waals surface area contributed by atoms with Crippen molar-refractivity contribution in [3.8, 4) is 11.5 Å². The molecule has 4 rings (SSSR count). The molecule has 0 radical (unpaired) electrons. The third kappa shape index (κ3) is 6.75. The van der Waals surface area contributed by atoms with E-state index in [1.165, 1.54) is 11.1 Å². The Morgan fingerprint density at radius 2 is 1.88 bits per heavy atom. The highest BCUT2D eigenvalue weighted by molar-refractivity contribution is 14.0. The molecule has 1 saturated heterocycles. The first kappa shape index (κ1) is 25.6. The van der Waals surface area contributed by atoms with Gasteiger partial charge in [-0.3, -0.25) is 4.99 Å². The Kier molecular flexibility index (Phi) is 9.37. The predicted molar refractivity (Wildman–Crippen MR) is 144 cm³/mol. The highest BCUT2D eigenvalue weighted by atomic mass is 127. The van der Waals surface area contributed by atoms with Gasteiger partial charge in [-0.05, 0) is 17.5 Å². The van der Waals surface area contributed by atoms with Gasteiger partial charge in [-0.15, -0.1) is 24.0 Å². The molecule has 0 bridgehead atoms. The van der Waals surface area contributed by atoms with Gasteiger partial charge < -0.3 is 25.0 Å². The fraction of sp³-hybridized carbons (Fsp3) is 0.375. The predicted octanol–water partition coefficient (Wildman–Crippen LogP) is 2.91. The van der Waals surface area contributed by atoms with Crippen LogP contribution >= 0.6 is 24.0 Å². The molecule has 0 amide bonds. The van der Waals surface area contributed by atoms with E-state index in [0.717, 1.165) is 42.7 Å². The lowest BCUT2D eigenvalue weighted by molar-refractivity contribution is 0.394. The Hall–Kier alpha value is -3.02. The summed E-state index contributed by atoms with van der Waals surface area (Å²) in [5, 5.41) is 11.2. The summed E-state index contributed by atoms with van der Waals surface area (Å²) in [4.78, 5) is 10.8. The van der Waals surface area contributed by atoms with Crippen LogP contribution in [0.4, 0.5) is 5.69 Å². The van der Waals surface area contributed by atoms with Gasteiger partial charge in [-0.1, -0.05) is 24.3 Å². The molecule has 10 heteroatoms. The van der Waals surface area contributed by atoms with Crippen molar-refractivity contribution in [3.63, 3.8) is 0 Å². The Morgan fingerprint density at radius 3 is 2.56 bits per heavy atom. The molecule has 2 heterocycles. The number of nitrogens with zero attached hydrogens (tertiary/aromatic N) is 5. The molecule has 1 aliphatic heterocycles. The first-order valence-electron chi connectivity index (χ1n) is 11.0. The maximum absolute atomic E-state index is 5.42. The van der Waals surface area contributed by atoms with Crippen molar-refractivity contribution >= 4 is 35.6 Å². The lowest BCUT2D eigenvalue weighted by Gasteiger charge is -2.21. The molecule has 0 spiro atoms. The lowest BCUT2D eigenvalue weighted by atomic mass is 10.1. The molecule has 2 aromatic carbocycles. The maximum atomic E-state index is 5.42. The van der Waals surface area contributed by atoms with Crippen LogP contribution in [0.15, 0.2) is 60.1 Å². The molecule has 0 aliphatic carbocycles. The molecular formula is C24H32IN7O2. The zero-order valence-corrected chi connectivity index (χ0v) is 22.1. The van der Waals surface area contributed by atoms with Crippen LogP contribution < -0.4 is 25.0 Å². The summed E-state index contributed by atoms with van der Waals surface area (Å²) in [7, 11) is 5.15. The minimum Gasteiger partial charge on any atom is -0.497 e. The molecule has 34 heavy (non-hydrogen) atoms. The van der Waals surface area contributed by atoms with E-state index in [0.29, 0.717) is 19.1 Å². The van der Waals surface area contributed by atoms with Crippen molar-refractivity contribution in [2.24, 2.45) is 4.99 Å². The summed E-state index contributed by atoms with van der Waals surface area (Å²) in [5.74, 6) is 2.39.